The van der Waals surface area contributed by atoms with Crippen molar-refractivity contribution >= 4 is 39.5 Å². The quantitative estimate of drug-likeness (QED) is 0.0169. The number of allylic oxidation sites excluding steroid dienone is 4. The second kappa shape index (κ2) is 73.1. The van der Waals surface area contributed by atoms with E-state index in [9.17, 15) is 43.2 Å². The predicted octanol–water partition coefficient (Wildman–Crippen LogP) is 24.2. The van der Waals surface area contributed by atoms with Gasteiger partial charge in [-0.3, -0.25) is 37.3 Å². The Bertz CT molecular complexity index is 2040. The molecule has 0 aliphatic heterocycles. The summed E-state index contributed by atoms with van der Waals surface area (Å²) in [6.45, 7) is 9.55. The zero-order valence-corrected chi connectivity index (χ0v) is 67.5. The minimum Gasteiger partial charge on any atom is -0.462 e. The Morgan fingerprint density at radius 1 is 0.307 bits per heavy atom. The van der Waals surface area contributed by atoms with Crippen molar-refractivity contribution in [3.8, 4) is 0 Å². The highest BCUT2D eigenvalue weighted by Gasteiger charge is 2.30. The van der Waals surface area contributed by atoms with Crippen LogP contribution in [0.25, 0.3) is 0 Å². The second-order valence-electron chi connectivity index (χ2n) is 29.8. The molecule has 0 radical (unpaired) electrons. The van der Waals surface area contributed by atoms with Crippen LogP contribution in [0.2, 0.25) is 0 Å². The molecule has 0 amide bonds. The maximum absolute atomic E-state index is 13.1. The summed E-state index contributed by atoms with van der Waals surface area (Å²) in [4.78, 5) is 73.0. The average molecular weight is 1480 g/mol. The molecule has 19 heteroatoms. The molecule has 0 rings (SSSR count). The van der Waals surface area contributed by atoms with Gasteiger partial charge in [0.1, 0.15) is 19.3 Å². The third-order valence-corrected chi connectivity index (χ3v) is 20.5. The minimum atomic E-state index is -4.97. The summed E-state index contributed by atoms with van der Waals surface area (Å²) < 4.78 is 68.7. The van der Waals surface area contributed by atoms with E-state index in [0.717, 1.165) is 121 Å². The van der Waals surface area contributed by atoms with E-state index >= 15 is 0 Å². The third-order valence-electron chi connectivity index (χ3n) is 18.6. The number of hydrogen-bond acceptors (Lipinski definition) is 15. The van der Waals surface area contributed by atoms with Gasteiger partial charge in [-0.1, -0.05) is 355 Å². The Morgan fingerprint density at radius 3 is 0.812 bits per heavy atom. The molecule has 0 saturated carbocycles. The van der Waals surface area contributed by atoms with E-state index in [-0.39, 0.29) is 25.7 Å². The monoisotopic (exact) mass is 1480 g/mol. The van der Waals surface area contributed by atoms with Crippen molar-refractivity contribution in [2.24, 2.45) is 11.8 Å². The molecule has 0 fully saturated rings. The summed E-state index contributed by atoms with van der Waals surface area (Å²) >= 11 is 0. The first-order valence-corrected chi connectivity index (χ1v) is 44.8. The fraction of sp³-hybridized carbons (Fsp3) is 0.902. The van der Waals surface area contributed by atoms with E-state index in [2.05, 4.69) is 65.8 Å². The summed E-state index contributed by atoms with van der Waals surface area (Å²) in [5.41, 5.74) is 0. The molecule has 101 heavy (non-hydrogen) atoms. The molecule has 596 valence electrons. The van der Waals surface area contributed by atoms with Crippen LogP contribution in [-0.2, 0) is 65.4 Å². The van der Waals surface area contributed by atoms with E-state index in [1.54, 1.807) is 0 Å². The number of aliphatic hydroxyl groups is 1. The van der Waals surface area contributed by atoms with Crippen molar-refractivity contribution in [2.75, 3.05) is 39.6 Å². The lowest BCUT2D eigenvalue weighted by Gasteiger charge is -2.21. The SMILES string of the molecule is CCCCCC/C=C\C=C/CCCCCCCC(=O)O[C@H](COC(=O)CCCCCCCCCCC(C)C)COP(=O)(O)OC[C@H](O)COP(=O)(O)OC[C@@H](COC(=O)CCCCCCCCCCCCCCCC(C)C)OC(=O)CCCCCCCCCCCCCCCCCCCCC. The normalized spacial score (nSPS) is 14.0. The third kappa shape index (κ3) is 75.6. The number of hydrogen-bond donors (Lipinski definition) is 3. The molecule has 3 N–H and O–H groups in total. The van der Waals surface area contributed by atoms with Gasteiger partial charge in [0.25, 0.3) is 0 Å². The maximum Gasteiger partial charge on any atom is 0.472 e. The molecule has 0 aromatic rings. The Labute approximate surface area is 618 Å². The van der Waals surface area contributed by atoms with Crippen molar-refractivity contribution in [1.82, 2.24) is 0 Å². The van der Waals surface area contributed by atoms with Gasteiger partial charge in [0.2, 0.25) is 0 Å². The van der Waals surface area contributed by atoms with Gasteiger partial charge in [0.15, 0.2) is 12.2 Å². The zero-order valence-electron chi connectivity index (χ0n) is 65.7. The number of phosphoric ester groups is 2. The number of esters is 4. The molecule has 17 nitrogen and oxygen atoms in total. The van der Waals surface area contributed by atoms with E-state index in [1.165, 1.54) is 205 Å². The van der Waals surface area contributed by atoms with E-state index in [0.29, 0.717) is 25.7 Å². The summed E-state index contributed by atoms with van der Waals surface area (Å²) in [5.74, 6) is -0.625. The summed E-state index contributed by atoms with van der Waals surface area (Å²) in [7, 11) is -9.93. The number of carbonyl (C=O) groups excluding carboxylic acids is 4. The lowest BCUT2D eigenvalue weighted by Crippen LogP contribution is -2.30. The Morgan fingerprint density at radius 2 is 0.535 bits per heavy atom. The van der Waals surface area contributed by atoms with Gasteiger partial charge in [-0.15, -0.1) is 0 Å². The number of unbranched alkanes of at least 4 members (excludes halogenated alkanes) is 46. The minimum absolute atomic E-state index is 0.0846. The molecule has 0 aliphatic rings. The lowest BCUT2D eigenvalue weighted by atomic mass is 10.0. The van der Waals surface area contributed by atoms with Crippen LogP contribution in [-0.4, -0.2) is 96.7 Å². The maximum atomic E-state index is 13.1. The lowest BCUT2D eigenvalue weighted by molar-refractivity contribution is -0.161. The van der Waals surface area contributed by atoms with Crippen LogP contribution in [0.5, 0.6) is 0 Å². The first-order chi connectivity index (χ1) is 48.9. The Balaban J connectivity index is 5.28. The number of phosphoric acid groups is 2. The Kier molecular flexibility index (Phi) is 71.3. The van der Waals surface area contributed by atoms with Gasteiger partial charge in [0, 0.05) is 25.7 Å². The van der Waals surface area contributed by atoms with Crippen LogP contribution in [0.15, 0.2) is 24.3 Å². The highest BCUT2D eigenvalue weighted by Crippen LogP contribution is 2.45. The van der Waals surface area contributed by atoms with E-state index in [4.69, 9.17) is 37.0 Å². The van der Waals surface area contributed by atoms with Gasteiger partial charge >= 0.3 is 39.5 Å². The molecule has 0 saturated heterocycles. The van der Waals surface area contributed by atoms with Crippen LogP contribution in [0, 0.1) is 11.8 Å². The van der Waals surface area contributed by atoms with Crippen molar-refractivity contribution in [3.63, 3.8) is 0 Å². The molecule has 0 aromatic carbocycles. The molecule has 0 aliphatic carbocycles. The zero-order chi connectivity index (χ0) is 74.2. The highest BCUT2D eigenvalue weighted by molar-refractivity contribution is 7.47. The van der Waals surface area contributed by atoms with Crippen LogP contribution in [0.1, 0.15) is 408 Å². The van der Waals surface area contributed by atoms with Crippen LogP contribution < -0.4 is 0 Å². The van der Waals surface area contributed by atoms with Crippen LogP contribution in [0.4, 0.5) is 0 Å². The van der Waals surface area contributed by atoms with E-state index in [1.807, 2.05) is 0 Å². The second-order valence-corrected chi connectivity index (χ2v) is 32.7. The summed E-state index contributed by atoms with van der Waals surface area (Å²) in [6, 6.07) is 0. The molecular weight excluding hydrogens is 1320 g/mol. The van der Waals surface area contributed by atoms with E-state index < -0.39 is 97.5 Å². The first-order valence-electron chi connectivity index (χ1n) is 41.8. The number of ether oxygens (including phenoxy) is 4. The molecular formula is C82H156O17P2. The first kappa shape index (κ1) is 98.5. The molecule has 0 aromatic heterocycles. The Hall–Kier alpha value is -2.46. The average Bonchev–Trinajstić information content (AvgIpc) is 0.953. The van der Waals surface area contributed by atoms with Gasteiger partial charge in [0.05, 0.1) is 26.4 Å². The number of carbonyl (C=O) groups is 4. The molecule has 0 spiro atoms. The van der Waals surface area contributed by atoms with Gasteiger partial charge < -0.3 is 33.8 Å². The molecule has 2 unspecified atom stereocenters. The van der Waals surface area contributed by atoms with Gasteiger partial charge in [-0.05, 0) is 63.2 Å². The van der Waals surface area contributed by atoms with Crippen molar-refractivity contribution in [2.45, 2.75) is 426 Å². The van der Waals surface area contributed by atoms with Gasteiger partial charge in [-0.25, -0.2) is 9.13 Å². The topological polar surface area (TPSA) is 237 Å². The molecule has 0 heterocycles. The summed E-state index contributed by atoms with van der Waals surface area (Å²) in [6.07, 6.45) is 66.1. The van der Waals surface area contributed by atoms with Crippen LogP contribution in [0.3, 0.4) is 0 Å². The fourth-order valence-corrected chi connectivity index (χ4v) is 13.8. The number of rotatable bonds is 79. The van der Waals surface area contributed by atoms with Crippen LogP contribution >= 0.6 is 15.6 Å². The van der Waals surface area contributed by atoms with Crippen molar-refractivity contribution in [3.05, 3.63) is 24.3 Å². The van der Waals surface area contributed by atoms with Crippen molar-refractivity contribution in [1.29, 1.82) is 0 Å². The predicted molar refractivity (Wildman–Crippen MR) is 414 cm³/mol. The molecule has 0 bridgehead atoms. The fourth-order valence-electron chi connectivity index (χ4n) is 12.2. The highest BCUT2D eigenvalue weighted by atomic mass is 31.2. The molecule has 5 atom stereocenters. The van der Waals surface area contributed by atoms with Crippen molar-refractivity contribution < 1.29 is 80.2 Å². The standard InChI is InChI=1S/C82H156O17P2/c1-7-9-11-13-15-17-19-21-23-24-25-26-28-32-37-41-49-55-61-67-81(86)98-77(70-92-79(84)64-58-52-46-39-35-33-29-30-34-38-44-50-56-62-74(3)4)72-96-100(88,89)94-68-76(83)69-95-101(90,91)97-73-78(71-93-80(85)65-59-53-47-43-42-45-51-57-63-75(5)6)99-82(87)66-60-54-48-40-36-31-27-22-20-18-16-14-12-10-8-2/h18,20,22,27,74-78,83H,7-17,19,21,23-26,28-73H2,1-6H3,(H,88,89)(H,90,91)/b20-18-,27-22-/t76-,77-,78-/m1/s1. The largest absolute Gasteiger partial charge is 0.472 e. The smallest absolute Gasteiger partial charge is 0.462 e. The summed E-state index contributed by atoms with van der Waals surface area (Å²) in [5, 5.41) is 10.6. The number of aliphatic hydroxyl groups excluding tert-OH is 1. The van der Waals surface area contributed by atoms with Gasteiger partial charge in [-0.2, -0.15) is 0 Å².